The van der Waals surface area contributed by atoms with Crippen LogP contribution in [0, 0.1) is 0 Å². The first-order chi connectivity index (χ1) is 9.93. The van der Waals surface area contributed by atoms with E-state index in [1.807, 2.05) is 13.8 Å². The SMILES string of the molecule is C1=CC(c2ccc(-c3ccccc3)cc2)=CCC1.CC. The van der Waals surface area contributed by atoms with Gasteiger partial charge in [-0.25, -0.2) is 0 Å². The molecule has 0 bridgehead atoms. The Balaban J connectivity index is 0.000000704. The topological polar surface area (TPSA) is 0 Å². The van der Waals surface area contributed by atoms with Crippen LogP contribution in [0.5, 0.6) is 0 Å². The van der Waals surface area contributed by atoms with E-state index in [2.05, 4.69) is 72.8 Å². The van der Waals surface area contributed by atoms with Gasteiger partial charge in [-0.1, -0.05) is 86.7 Å². The lowest BCUT2D eigenvalue weighted by atomic mass is 9.97. The van der Waals surface area contributed by atoms with Crippen molar-refractivity contribution in [3.8, 4) is 11.1 Å². The number of allylic oxidation sites excluding steroid dienone is 4. The molecule has 2 aromatic carbocycles. The predicted octanol–water partition coefficient (Wildman–Crippen LogP) is 6.11. The fraction of sp³-hybridized carbons (Fsp3) is 0.200. The van der Waals surface area contributed by atoms with Crippen LogP contribution in [0.4, 0.5) is 0 Å². The third kappa shape index (κ3) is 3.48. The zero-order valence-corrected chi connectivity index (χ0v) is 12.3. The molecule has 0 unspecified atom stereocenters. The van der Waals surface area contributed by atoms with E-state index < -0.39 is 0 Å². The van der Waals surface area contributed by atoms with Crippen molar-refractivity contribution >= 4 is 5.57 Å². The van der Waals surface area contributed by atoms with Crippen LogP contribution in [0.3, 0.4) is 0 Å². The Kier molecular flexibility index (Phi) is 5.37. The standard InChI is InChI=1S/C18H16.C2H6/c1-3-7-15(8-4-1)17-11-13-18(14-12-17)16-9-5-2-6-10-16;1-2/h1,3-5,7-14H,2,6H2;1-2H3. The molecule has 0 aromatic heterocycles. The van der Waals surface area contributed by atoms with Crippen molar-refractivity contribution in [1.82, 2.24) is 0 Å². The average molecular weight is 262 g/mol. The molecular weight excluding hydrogens is 240 g/mol. The second kappa shape index (κ2) is 7.49. The van der Waals surface area contributed by atoms with Gasteiger partial charge < -0.3 is 0 Å². The first-order valence-corrected chi connectivity index (χ1v) is 7.46. The summed E-state index contributed by atoms with van der Waals surface area (Å²) >= 11 is 0. The summed E-state index contributed by atoms with van der Waals surface area (Å²) in [6.07, 6.45) is 9.12. The van der Waals surface area contributed by atoms with Gasteiger partial charge in [-0.2, -0.15) is 0 Å². The molecule has 0 N–H and O–H groups in total. The molecule has 0 saturated heterocycles. The minimum atomic E-state index is 1.16. The summed E-state index contributed by atoms with van der Waals surface area (Å²) in [5, 5.41) is 0. The van der Waals surface area contributed by atoms with Gasteiger partial charge in [-0.3, -0.25) is 0 Å². The molecule has 2 aromatic rings. The zero-order chi connectivity index (χ0) is 14.2. The molecule has 0 aliphatic heterocycles. The highest BCUT2D eigenvalue weighted by Crippen LogP contribution is 2.25. The highest BCUT2D eigenvalue weighted by Gasteiger charge is 2.02. The molecule has 0 amide bonds. The van der Waals surface area contributed by atoms with Crippen LogP contribution in [-0.2, 0) is 0 Å². The van der Waals surface area contributed by atoms with Crippen LogP contribution in [0.1, 0.15) is 32.3 Å². The van der Waals surface area contributed by atoms with Crippen LogP contribution >= 0.6 is 0 Å². The average Bonchev–Trinajstić information content (AvgIpc) is 2.58. The molecule has 102 valence electrons. The Morgan fingerprint density at radius 1 is 0.650 bits per heavy atom. The van der Waals surface area contributed by atoms with E-state index in [1.54, 1.807) is 0 Å². The lowest BCUT2D eigenvalue weighted by molar-refractivity contribution is 1.04. The molecule has 0 heteroatoms. The summed E-state index contributed by atoms with van der Waals surface area (Å²) in [4.78, 5) is 0. The van der Waals surface area contributed by atoms with Gasteiger partial charge in [-0.05, 0) is 35.1 Å². The van der Waals surface area contributed by atoms with Crippen molar-refractivity contribution in [2.75, 3.05) is 0 Å². The van der Waals surface area contributed by atoms with Crippen molar-refractivity contribution in [2.45, 2.75) is 26.7 Å². The molecule has 1 aliphatic carbocycles. The van der Waals surface area contributed by atoms with Crippen LogP contribution in [0.2, 0.25) is 0 Å². The Hall–Kier alpha value is -2.08. The van der Waals surface area contributed by atoms with Crippen molar-refractivity contribution in [2.24, 2.45) is 0 Å². The fourth-order valence-corrected chi connectivity index (χ4v) is 2.31. The number of hydrogen-bond acceptors (Lipinski definition) is 0. The van der Waals surface area contributed by atoms with Crippen LogP contribution < -0.4 is 0 Å². The third-order valence-corrected chi connectivity index (χ3v) is 3.32. The van der Waals surface area contributed by atoms with Crippen molar-refractivity contribution < 1.29 is 0 Å². The first kappa shape index (κ1) is 14.3. The summed E-state index contributed by atoms with van der Waals surface area (Å²) in [5.74, 6) is 0. The summed E-state index contributed by atoms with van der Waals surface area (Å²) in [6, 6.07) is 19.3. The monoisotopic (exact) mass is 262 g/mol. The molecule has 0 radical (unpaired) electrons. The molecule has 0 saturated carbocycles. The molecule has 3 rings (SSSR count). The summed E-state index contributed by atoms with van der Waals surface area (Å²) < 4.78 is 0. The molecule has 0 fully saturated rings. The Morgan fingerprint density at radius 3 is 1.85 bits per heavy atom. The van der Waals surface area contributed by atoms with E-state index in [0.29, 0.717) is 0 Å². The van der Waals surface area contributed by atoms with Crippen LogP contribution in [0.25, 0.3) is 16.7 Å². The molecule has 0 nitrogen and oxygen atoms in total. The maximum absolute atomic E-state index is 2.32. The van der Waals surface area contributed by atoms with Gasteiger partial charge in [0.15, 0.2) is 0 Å². The van der Waals surface area contributed by atoms with Gasteiger partial charge in [-0.15, -0.1) is 0 Å². The van der Waals surface area contributed by atoms with E-state index in [9.17, 15) is 0 Å². The first-order valence-electron chi connectivity index (χ1n) is 7.46. The lowest BCUT2D eigenvalue weighted by Gasteiger charge is -2.08. The maximum atomic E-state index is 2.32. The molecule has 0 atom stereocenters. The Morgan fingerprint density at radius 2 is 1.25 bits per heavy atom. The van der Waals surface area contributed by atoms with Gasteiger partial charge in [0.2, 0.25) is 0 Å². The van der Waals surface area contributed by atoms with Gasteiger partial charge in [0.25, 0.3) is 0 Å². The van der Waals surface area contributed by atoms with Crippen molar-refractivity contribution in [3.05, 3.63) is 78.4 Å². The predicted molar refractivity (Wildman–Crippen MR) is 89.6 cm³/mol. The highest BCUT2D eigenvalue weighted by atomic mass is 14.1. The zero-order valence-electron chi connectivity index (χ0n) is 12.3. The second-order valence-electron chi connectivity index (χ2n) is 4.58. The maximum Gasteiger partial charge on any atom is -0.0184 e. The normalized spacial score (nSPS) is 13.2. The number of hydrogen-bond donors (Lipinski definition) is 0. The highest BCUT2D eigenvalue weighted by molar-refractivity contribution is 5.76. The summed E-state index contributed by atoms with van der Waals surface area (Å²) in [5.41, 5.74) is 5.21. The molecule has 20 heavy (non-hydrogen) atoms. The third-order valence-electron chi connectivity index (χ3n) is 3.32. The number of rotatable bonds is 2. The van der Waals surface area contributed by atoms with Gasteiger partial charge in [0, 0.05) is 0 Å². The van der Waals surface area contributed by atoms with Gasteiger partial charge in [0.05, 0.1) is 0 Å². The van der Waals surface area contributed by atoms with E-state index >= 15 is 0 Å². The Labute approximate surface area is 122 Å². The van der Waals surface area contributed by atoms with Crippen LogP contribution in [0.15, 0.2) is 72.8 Å². The second-order valence-corrected chi connectivity index (χ2v) is 4.58. The molecule has 0 heterocycles. The molecule has 1 aliphatic rings. The van der Waals surface area contributed by atoms with Crippen LogP contribution in [-0.4, -0.2) is 0 Å². The summed E-state index contributed by atoms with van der Waals surface area (Å²) in [7, 11) is 0. The smallest absolute Gasteiger partial charge is 0.0184 e. The van der Waals surface area contributed by atoms with E-state index in [0.717, 1.165) is 6.42 Å². The van der Waals surface area contributed by atoms with Gasteiger partial charge >= 0.3 is 0 Å². The minimum absolute atomic E-state index is 1.16. The van der Waals surface area contributed by atoms with Gasteiger partial charge in [0.1, 0.15) is 0 Å². The Bertz CT molecular complexity index is 571. The number of benzene rings is 2. The van der Waals surface area contributed by atoms with Crippen molar-refractivity contribution in [1.29, 1.82) is 0 Å². The quantitative estimate of drug-likeness (QED) is 0.612. The minimum Gasteiger partial charge on any atom is -0.0836 e. The van der Waals surface area contributed by atoms with E-state index in [-0.39, 0.29) is 0 Å². The molecule has 0 spiro atoms. The lowest BCUT2D eigenvalue weighted by Crippen LogP contribution is -1.86. The van der Waals surface area contributed by atoms with E-state index in [4.69, 9.17) is 0 Å². The largest absolute Gasteiger partial charge is 0.0836 e. The van der Waals surface area contributed by atoms with E-state index in [1.165, 1.54) is 28.7 Å². The van der Waals surface area contributed by atoms with Crippen molar-refractivity contribution in [3.63, 3.8) is 0 Å². The summed E-state index contributed by atoms with van der Waals surface area (Å²) in [6.45, 7) is 4.00. The molecular formula is C20H22. The fourth-order valence-electron chi connectivity index (χ4n) is 2.31.